The number of rotatable bonds is 4. The van der Waals surface area contributed by atoms with Crippen LogP contribution >= 0.6 is 0 Å². The fourth-order valence-electron chi connectivity index (χ4n) is 1.37. The van der Waals surface area contributed by atoms with E-state index >= 15 is 0 Å². The van der Waals surface area contributed by atoms with Crippen LogP contribution in [0, 0.1) is 0 Å². The molecule has 96 valence electrons. The molecule has 0 bridgehead atoms. The van der Waals surface area contributed by atoms with Crippen molar-refractivity contribution in [2.75, 3.05) is 11.8 Å². The lowest BCUT2D eigenvalue weighted by Crippen LogP contribution is -2.14. The Hall–Kier alpha value is -2.22. The molecule has 8 heteroatoms. The number of nitrogens with one attached hydrogen (secondary N) is 2. The molecule has 0 saturated carbocycles. The first kappa shape index (κ1) is 12.2. The number of sulfonamides is 1. The number of phenolic OH excluding ortho intramolecular Hbond substituents is 1. The van der Waals surface area contributed by atoms with Gasteiger partial charge < -0.3 is 9.84 Å². The number of hydrogen-bond donors (Lipinski definition) is 3. The van der Waals surface area contributed by atoms with E-state index < -0.39 is 10.0 Å². The van der Waals surface area contributed by atoms with Gasteiger partial charge in [-0.05, 0) is 18.2 Å². The van der Waals surface area contributed by atoms with Crippen LogP contribution in [-0.4, -0.2) is 30.8 Å². The number of aromatic nitrogens is 2. The number of ether oxygens (including phenoxy) is 1. The Bertz CT molecular complexity index is 637. The predicted octanol–water partition coefficient (Wildman–Crippen LogP) is 0.925. The van der Waals surface area contributed by atoms with Crippen molar-refractivity contribution < 1.29 is 18.3 Å². The van der Waals surface area contributed by atoms with Gasteiger partial charge in [-0.1, -0.05) is 6.07 Å². The second kappa shape index (κ2) is 4.57. The SMILES string of the molecule is COc1cccc(O)c1NS(=O)(=O)c1ccn[nH]1. The molecule has 1 aromatic heterocycles. The number of nitrogens with zero attached hydrogens (tertiary/aromatic N) is 1. The zero-order chi connectivity index (χ0) is 13.2. The van der Waals surface area contributed by atoms with Gasteiger partial charge in [-0.2, -0.15) is 13.5 Å². The molecular weight excluding hydrogens is 258 g/mol. The lowest BCUT2D eigenvalue weighted by molar-refractivity contribution is 0.411. The van der Waals surface area contributed by atoms with Crippen LogP contribution in [-0.2, 0) is 10.0 Å². The molecule has 0 atom stereocenters. The molecule has 18 heavy (non-hydrogen) atoms. The summed E-state index contributed by atoms with van der Waals surface area (Å²) in [6.07, 6.45) is 1.32. The second-order valence-corrected chi connectivity index (χ2v) is 5.03. The number of benzene rings is 1. The smallest absolute Gasteiger partial charge is 0.279 e. The van der Waals surface area contributed by atoms with E-state index in [0.717, 1.165) is 0 Å². The van der Waals surface area contributed by atoms with E-state index in [1.807, 2.05) is 0 Å². The number of aromatic amines is 1. The number of phenols is 1. The van der Waals surface area contributed by atoms with Gasteiger partial charge in [0.15, 0.2) is 5.03 Å². The summed E-state index contributed by atoms with van der Waals surface area (Å²) in [6.45, 7) is 0. The van der Waals surface area contributed by atoms with Gasteiger partial charge >= 0.3 is 0 Å². The van der Waals surface area contributed by atoms with Crippen molar-refractivity contribution >= 4 is 15.7 Å². The highest BCUT2D eigenvalue weighted by molar-refractivity contribution is 7.92. The first-order valence-electron chi connectivity index (χ1n) is 4.93. The molecule has 0 aliphatic heterocycles. The molecule has 0 aliphatic rings. The summed E-state index contributed by atoms with van der Waals surface area (Å²) in [5.41, 5.74) is -0.0189. The number of H-pyrrole nitrogens is 1. The zero-order valence-electron chi connectivity index (χ0n) is 9.41. The minimum Gasteiger partial charge on any atom is -0.506 e. The average Bonchev–Trinajstić information content (AvgIpc) is 2.86. The monoisotopic (exact) mass is 269 g/mol. The molecule has 2 rings (SSSR count). The molecular formula is C10H11N3O4S. The van der Waals surface area contributed by atoms with Crippen molar-refractivity contribution in [2.45, 2.75) is 5.03 Å². The summed E-state index contributed by atoms with van der Waals surface area (Å²) in [7, 11) is -2.46. The van der Waals surface area contributed by atoms with Gasteiger partial charge in [0, 0.05) is 0 Å². The second-order valence-electron chi connectivity index (χ2n) is 3.38. The first-order valence-corrected chi connectivity index (χ1v) is 6.41. The van der Waals surface area contributed by atoms with E-state index in [1.54, 1.807) is 6.07 Å². The summed E-state index contributed by atoms with van der Waals surface area (Å²) < 4.78 is 31.1. The molecule has 0 amide bonds. The van der Waals surface area contributed by atoms with Gasteiger partial charge in [0.1, 0.15) is 17.2 Å². The van der Waals surface area contributed by atoms with Crippen molar-refractivity contribution in [1.82, 2.24) is 10.2 Å². The first-order chi connectivity index (χ1) is 8.54. The maximum absolute atomic E-state index is 11.9. The van der Waals surface area contributed by atoms with Crippen molar-refractivity contribution in [2.24, 2.45) is 0 Å². The average molecular weight is 269 g/mol. The fourth-order valence-corrected chi connectivity index (χ4v) is 2.37. The predicted molar refractivity (Wildman–Crippen MR) is 64.1 cm³/mol. The minimum absolute atomic E-state index is 0.0189. The normalized spacial score (nSPS) is 11.2. The number of para-hydroxylation sites is 1. The largest absolute Gasteiger partial charge is 0.506 e. The quantitative estimate of drug-likeness (QED) is 0.716. The van der Waals surface area contributed by atoms with Gasteiger partial charge in [0.25, 0.3) is 10.0 Å². The third kappa shape index (κ3) is 2.23. The van der Waals surface area contributed by atoms with Gasteiger partial charge in [0.05, 0.1) is 13.3 Å². The summed E-state index contributed by atoms with van der Waals surface area (Å²) >= 11 is 0. The fraction of sp³-hybridized carbons (Fsp3) is 0.100. The maximum atomic E-state index is 11.9. The highest BCUT2D eigenvalue weighted by Crippen LogP contribution is 2.34. The third-order valence-electron chi connectivity index (χ3n) is 2.23. The Kier molecular flexibility index (Phi) is 3.11. The van der Waals surface area contributed by atoms with Crippen LogP contribution in [0.15, 0.2) is 35.5 Å². The maximum Gasteiger partial charge on any atom is 0.279 e. The van der Waals surface area contributed by atoms with Crippen LogP contribution in [0.3, 0.4) is 0 Å². The molecule has 0 unspecified atom stereocenters. The van der Waals surface area contributed by atoms with E-state index in [4.69, 9.17) is 4.74 Å². The third-order valence-corrected chi connectivity index (χ3v) is 3.50. The standard InChI is InChI=1S/C10H11N3O4S/c1-17-8-4-2-3-7(14)10(8)13-18(15,16)9-5-6-11-12-9/h2-6,13-14H,1H3,(H,11,12). The molecule has 0 saturated heterocycles. The van der Waals surface area contributed by atoms with Crippen LogP contribution in [0.25, 0.3) is 0 Å². The van der Waals surface area contributed by atoms with Crippen molar-refractivity contribution in [3.05, 3.63) is 30.5 Å². The molecule has 0 spiro atoms. The lowest BCUT2D eigenvalue weighted by Gasteiger charge is -2.11. The molecule has 0 aliphatic carbocycles. The van der Waals surface area contributed by atoms with E-state index in [2.05, 4.69) is 14.9 Å². The highest BCUT2D eigenvalue weighted by atomic mass is 32.2. The number of methoxy groups -OCH3 is 1. The molecule has 3 N–H and O–H groups in total. The van der Waals surface area contributed by atoms with Crippen molar-refractivity contribution in [1.29, 1.82) is 0 Å². The Morgan fingerprint density at radius 1 is 1.39 bits per heavy atom. The minimum atomic E-state index is -3.83. The molecule has 0 radical (unpaired) electrons. The Morgan fingerprint density at radius 3 is 2.78 bits per heavy atom. The number of aromatic hydroxyl groups is 1. The van der Waals surface area contributed by atoms with Crippen molar-refractivity contribution in [3.63, 3.8) is 0 Å². The molecule has 1 aromatic carbocycles. The zero-order valence-corrected chi connectivity index (χ0v) is 10.2. The highest BCUT2D eigenvalue weighted by Gasteiger charge is 2.19. The summed E-state index contributed by atoms with van der Waals surface area (Å²) in [5.74, 6) is -0.00414. The van der Waals surface area contributed by atoms with Gasteiger partial charge in [-0.3, -0.25) is 9.82 Å². The van der Waals surface area contributed by atoms with Crippen LogP contribution in [0.4, 0.5) is 5.69 Å². The molecule has 2 aromatic rings. The van der Waals surface area contributed by atoms with E-state index in [9.17, 15) is 13.5 Å². The topological polar surface area (TPSA) is 104 Å². The molecule has 7 nitrogen and oxygen atoms in total. The van der Waals surface area contributed by atoms with Crippen LogP contribution in [0.5, 0.6) is 11.5 Å². The van der Waals surface area contributed by atoms with E-state index in [0.29, 0.717) is 0 Å². The Balaban J connectivity index is 2.41. The van der Waals surface area contributed by atoms with Crippen LogP contribution in [0.1, 0.15) is 0 Å². The summed E-state index contributed by atoms with van der Waals surface area (Å²) in [4.78, 5) is 0. The van der Waals surface area contributed by atoms with Gasteiger partial charge in [-0.25, -0.2) is 0 Å². The number of hydrogen-bond acceptors (Lipinski definition) is 5. The van der Waals surface area contributed by atoms with E-state index in [1.165, 1.54) is 31.5 Å². The van der Waals surface area contributed by atoms with Gasteiger partial charge in [-0.15, -0.1) is 0 Å². The molecule has 0 fully saturated rings. The number of anilines is 1. The van der Waals surface area contributed by atoms with Crippen LogP contribution in [0.2, 0.25) is 0 Å². The Morgan fingerprint density at radius 2 is 2.17 bits per heavy atom. The Labute approximate surface area is 103 Å². The molecule has 1 heterocycles. The van der Waals surface area contributed by atoms with Crippen LogP contribution < -0.4 is 9.46 Å². The van der Waals surface area contributed by atoms with Gasteiger partial charge in [0.2, 0.25) is 0 Å². The lowest BCUT2D eigenvalue weighted by atomic mass is 10.3. The summed E-state index contributed by atoms with van der Waals surface area (Å²) in [6, 6.07) is 5.73. The van der Waals surface area contributed by atoms with E-state index in [-0.39, 0.29) is 22.2 Å². The van der Waals surface area contributed by atoms with Crippen molar-refractivity contribution in [3.8, 4) is 11.5 Å². The summed E-state index contributed by atoms with van der Waals surface area (Å²) in [5, 5.41) is 15.4.